The molecule has 0 fully saturated rings. The number of rotatable bonds is 1. The standard InChI is InChI=1S/C12H15FN2O.ClH/c1-8(14)12(16)15-5-4-9-6-11(13)3-2-10(9)7-15;/h2-3,6,8H,4-5,7,14H2,1H3;1H. The van der Waals surface area contributed by atoms with Gasteiger partial charge in [-0.05, 0) is 36.6 Å². The van der Waals surface area contributed by atoms with E-state index in [1.807, 2.05) is 0 Å². The van der Waals surface area contributed by atoms with Crippen molar-refractivity contribution < 1.29 is 9.18 Å². The van der Waals surface area contributed by atoms with E-state index in [4.69, 9.17) is 5.73 Å². The predicted molar refractivity (Wildman–Crippen MR) is 66.4 cm³/mol. The minimum Gasteiger partial charge on any atom is -0.337 e. The molecule has 0 saturated carbocycles. The van der Waals surface area contributed by atoms with Crippen molar-refractivity contribution in [2.24, 2.45) is 5.73 Å². The quantitative estimate of drug-likeness (QED) is 0.829. The monoisotopic (exact) mass is 258 g/mol. The Hall–Kier alpha value is -1.13. The van der Waals surface area contributed by atoms with Gasteiger partial charge in [0.25, 0.3) is 0 Å². The zero-order valence-corrected chi connectivity index (χ0v) is 10.5. The second-order valence-corrected chi connectivity index (χ2v) is 4.21. The van der Waals surface area contributed by atoms with E-state index in [-0.39, 0.29) is 24.1 Å². The van der Waals surface area contributed by atoms with Gasteiger partial charge in [-0.3, -0.25) is 4.79 Å². The summed E-state index contributed by atoms with van der Waals surface area (Å²) < 4.78 is 13.0. The molecule has 5 heteroatoms. The Morgan fingerprint density at radius 1 is 1.47 bits per heavy atom. The molecular formula is C12H16ClFN2O. The second-order valence-electron chi connectivity index (χ2n) is 4.21. The molecule has 1 aliphatic heterocycles. The molecule has 1 heterocycles. The minimum absolute atomic E-state index is 0. The Balaban J connectivity index is 0.00000144. The maximum atomic E-state index is 13.0. The normalized spacial score (nSPS) is 15.8. The molecule has 0 saturated heterocycles. The van der Waals surface area contributed by atoms with Gasteiger partial charge in [-0.25, -0.2) is 4.39 Å². The molecule has 1 amide bonds. The summed E-state index contributed by atoms with van der Waals surface area (Å²) in [7, 11) is 0. The summed E-state index contributed by atoms with van der Waals surface area (Å²) in [5.74, 6) is -0.263. The lowest BCUT2D eigenvalue weighted by atomic mass is 9.99. The molecule has 3 nitrogen and oxygen atoms in total. The van der Waals surface area contributed by atoms with Gasteiger partial charge in [0.1, 0.15) is 5.82 Å². The molecule has 1 aromatic rings. The van der Waals surface area contributed by atoms with E-state index in [9.17, 15) is 9.18 Å². The van der Waals surface area contributed by atoms with E-state index in [1.54, 1.807) is 24.0 Å². The molecule has 2 N–H and O–H groups in total. The number of hydrogen-bond donors (Lipinski definition) is 1. The first-order valence-electron chi connectivity index (χ1n) is 5.39. The lowest BCUT2D eigenvalue weighted by Gasteiger charge is -2.30. The molecule has 0 bridgehead atoms. The van der Waals surface area contributed by atoms with Crippen LogP contribution in [-0.4, -0.2) is 23.4 Å². The second kappa shape index (κ2) is 5.47. The fourth-order valence-electron chi connectivity index (χ4n) is 2.00. The number of carbonyl (C=O) groups is 1. The van der Waals surface area contributed by atoms with E-state index >= 15 is 0 Å². The van der Waals surface area contributed by atoms with Crippen LogP contribution in [0.15, 0.2) is 18.2 Å². The summed E-state index contributed by atoms with van der Waals surface area (Å²) >= 11 is 0. The SMILES string of the molecule is CC(N)C(=O)N1CCc2cc(F)ccc2C1.Cl. The largest absolute Gasteiger partial charge is 0.337 e. The first-order valence-corrected chi connectivity index (χ1v) is 5.39. The van der Waals surface area contributed by atoms with Crippen molar-refractivity contribution in [2.75, 3.05) is 6.54 Å². The van der Waals surface area contributed by atoms with Gasteiger partial charge >= 0.3 is 0 Å². The Morgan fingerprint density at radius 3 is 2.82 bits per heavy atom. The number of amides is 1. The Morgan fingerprint density at radius 2 is 2.18 bits per heavy atom. The van der Waals surface area contributed by atoms with E-state index in [0.29, 0.717) is 19.5 Å². The van der Waals surface area contributed by atoms with Crippen molar-refractivity contribution in [3.63, 3.8) is 0 Å². The summed E-state index contributed by atoms with van der Waals surface area (Å²) in [6.07, 6.45) is 0.700. The number of hydrogen-bond acceptors (Lipinski definition) is 2. The summed E-state index contributed by atoms with van der Waals surface area (Å²) in [6, 6.07) is 4.24. The van der Waals surface area contributed by atoms with Crippen LogP contribution < -0.4 is 5.73 Å². The zero-order chi connectivity index (χ0) is 11.7. The average Bonchev–Trinajstić information content (AvgIpc) is 2.27. The third-order valence-corrected chi connectivity index (χ3v) is 2.88. The fraction of sp³-hybridized carbons (Fsp3) is 0.417. The molecular weight excluding hydrogens is 243 g/mol. The molecule has 1 aliphatic rings. The fourth-order valence-corrected chi connectivity index (χ4v) is 2.00. The lowest BCUT2D eigenvalue weighted by molar-refractivity contribution is -0.133. The Kier molecular flexibility index (Phi) is 4.48. The van der Waals surface area contributed by atoms with Crippen molar-refractivity contribution in [3.05, 3.63) is 35.1 Å². The Bertz CT molecular complexity index is 423. The van der Waals surface area contributed by atoms with Crippen molar-refractivity contribution in [1.29, 1.82) is 0 Å². The summed E-state index contributed by atoms with van der Waals surface area (Å²) in [6.45, 7) is 2.84. The molecule has 94 valence electrons. The highest BCUT2D eigenvalue weighted by molar-refractivity contribution is 5.85. The van der Waals surface area contributed by atoms with Crippen LogP contribution in [-0.2, 0) is 17.8 Å². The van der Waals surface area contributed by atoms with Gasteiger partial charge in [0.15, 0.2) is 0 Å². The average molecular weight is 259 g/mol. The first kappa shape index (κ1) is 13.9. The van der Waals surface area contributed by atoms with Crippen LogP contribution in [0.2, 0.25) is 0 Å². The molecule has 2 rings (SSSR count). The maximum Gasteiger partial charge on any atom is 0.239 e. The van der Waals surface area contributed by atoms with Gasteiger partial charge in [0, 0.05) is 13.1 Å². The van der Waals surface area contributed by atoms with Gasteiger partial charge in [-0.2, -0.15) is 0 Å². The molecule has 0 spiro atoms. The van der Waals surface area contributed by atoms with Crippen LogP contribution >= 0.6 is 12.4 Å². The highest BCUT2D eigenvalue weighted by atomic mass is 35.5. The Labute approximate surface area is 106 Å². The summed E-state index contributed by atoms with van der Waals surface area (Å²) in [4.78, 5) is 13.4. The van der Waals surface area contributed by atoms with Crippen LogP contribution in [0.4, 0.5) is 4.39 Å². The maximum absolute atomic E-state index is 13.0. The highest BCUT2D eigenvalue weighted by Gasteiger charge is 2.22. The third-order valence-electron chi connectivity index (χ3n) is 2.88. The van der Waals surface area contributed by atoms with Gasteiger partial charge in [0.05, 0.1) is 6.04 Å². The van der Waals surface area contributed by atoms with Crippen molar-refractivity contribution in [3.8, 4) is 0 Å². The van der Waals surface area contributed by atoms with E-state index < -0.39 is 6.04 Å². The molecule has 1 aromatic carbocycles. The molecule has 0 aromatic heterocycles. The molecule has 1 atom stereocenters. The molecule has 1 unspecified atom stereocenters. The summed E-state index contributed by atoms with van der Waals surface area (Å²) in [5, 5.41) is 0. The number of nitrogens with two attached hydrogens (primary N) is 1. The number of benzene rings is 1. The summed E-state index contributed by atoms with van der Waals surface area (Å²) in [5.41, 5.74) is 7.57. The number of fused-ring (bicyclic) bond motifs is 1. The molecule has 17 heavy (non-hydrogen) atoms. The van der Waals surface area contributed by atoms with Crippen LogP contribution in [0.5, 0.6) is 0 Å². The highest BCUT2D eigenvalue weighted by Crippen LogP contribution is 2.20. The van der Waals surface area contributed by atoms with Crippen molar-refractivity contribution >= 4 is 18.3 Å². The predicted octanol–water partition coefficient (Wildman–Crippen LogP) is 1.48. The van der Waals surface area contributed by atoms with E-state index in [2.05, 4.69) is 0 Å². The third kappa shape index (κ3) is 2.96. The first-order chi connectivity index (χ1) is 7.58. The zero-order valence-electron chi connectivity index (χ0n) is 9.65. The van der Waals surface area contributed by atoms with Crippen molar-refractivity contribution in [1.82, 2.24) is 4.90 Å². The number of halogens is 2. The van der Waals surface area contributed by atoms with Crippen LogP contribution in [0.1, 0.15) is 18.1 Å². The number of carbonyl (C=O) groups excluding carboxylic acids is 1. The lowest BCUT2D eigenvalue weighted by Crippen LogP contribution is -2.44. The van der Waals surface area contributed by atoms with Crippen LogP contribution in [0, 0.1) is 5.82 Å². The van der Waals surface area contributed by atoms with Gasteiger partial charge in [-0.1, -0.05) is 6.07 Å². The minimum atomic E-state index is -0.470. The topological polar surface area (TPSA) is 46.3 Å². The van der Waals surface area contributed by atoms with Crippen molar-refractivity contribution in [2.45, 2.75) is 25.9 Å². The number of nitrogens with zero attached hydrogens (tertiary/aromatic N) is 1. The molecule has 0 radical (unpaired) electrons. The van der Waals surface area contributed by atoms with E-state index in [1.165, 1.54) is 6.07 Å². The van der Waals surface area contributed by atoms with Crippen LogP contribution in [0.25, 0.3) is 0 Å². The van der Waals surface area contributed by atoms with E-state index in [0.717, 1.165) is 11.1 Å². The van der Waals surface area contributed by atoms with Gasteiger partial charge in [-0.15, -0.1) is 12.4 Å². The van der Waals surface area contributed by atoms with Gasteiger partial charge < -0.3 is 10.6 Å². The smallest absolute Gasteiger partial charge is 0.239 e. The molecule has 0 aliphatic carbocycles. The van der Waals surface area contributed by atoms with Crippen LogP contribution in [0.3, 0.4) is 0 Å². The van der Waals surface area contributed by atoms with Gasteiger partial charge in [0.2, 0.25) is 5.91 Å².